The van der Waals surface area contributed by atoms with Gasteiger partial charge in [0, 0.05) is 20.2 Å². The largest absolute Gasteiger partial charge is 0.486 e. The normalized spacial score (nSPS) is 20.7. The lowest BCUT2D eigenvalue weighted by molar-refractivity contribution is 0.0277. The Morgan fingerprint density at radius 2 is 1.96 bits per heavy atom. The Bertz CT molecular complexity index is 573. The van der Waals surface area contributed by atoms with E-state index in [1.165, 1.54) is 32.1 Å². The van der Waals surface area contributed by atoms with Crippen molar-refractivity contribution >= 4 is 5.96 Å². The van der Waals surface area contributed by atoms with E-state index in [2.05, 4.69) is 15.6 Å². The van der Waals surface area contributed by atoms with Gasteiger partial charge in [-0.15, -0.1) is 0 Å². The molecule has 2 aliphatic rings. The smallest absolute Gasteiger partial charge is 0.191 e. The topological polar surface area (TPSA) is 64.1 Å². The van der Waals surface area contributed by atoms with Crippen molar-refractivity contribution in [3.8, 4) is 11.5 Å². The zero-order valence-corrected chi connectivity index (χ0v) is 15.7. The molecule has 1 aliphatic carbocycles. The zero-order chi connectivity index (χ0) is 18.0. The van der Waals surface area contributed by atoms with Gasteiger partial charge in [0.2, 0.25) is 0 Å². The fourth-order valence-electron chi connectivity index (χ4n) is 3.36. The molecule has 2 N–H and O–H groups in total. The monoisotopic (exact) mass is 361 g/mol. The highest BCUT2D eigenvalue weighted by molar-refractivity contribution is 5.79. The first kappa shape index (κ1) is 18.8. The van der Waals surface area contributed by atoms with Crippen LogP contribution in [0.25, 0.3) is 0 Å². The molecule has 1 aromatic carbocycles. The summed E-state index contributed by atoms with van der Waals surface area (Å²) in [4.78, 5) is 4.26. The lowest BCUT2D eigenvalue weighted by Crippen LogP contribution is -2.45. The van der Waals surface area contributed by atoms with Crippen LogP contribution in [0.15, 0.2) is 29.3 Å². The van der Waals surface area contributed by atoms with Gasteiger partial charge in [-0.05, 0) is 31.4 Å². The summed E-state index contributed by atoms with van der Waals surface area (Å²) in [5, 5.41) is 6.63. The standard InChI is InChI=1S/C20H31N3O3/c1-21-20(22-12-7-13-24-16-8-3-2-4-9-16)23-14-17-15-25-18-10-5-6-11-19(18)26-17/h5-6,10-11,16-17H,2-4,7-9,12-15H2,1H3,(H2,21,22,23). The van der Waals surface area contributed by atoms with Gasteiger partial charge in [0.1, 0.15) is 12.7 Å². The molecule has 1 fully saturated rings. The third kappa shape index (κ3) is 5.80. The summed E-state index contributed by atoms with van der Waals surface area (Å²) in [6.45, 7) is 2.84. The molecule has 144 valence electrons. The molecule has 26 heavy (non-hydrogen) atoms. The number of nitrogens with one attached hydrogen (secondary N) is 2. The molecule has 1 saturated carbocycles. The van der Waals surface area contributed by atoms with Crippen molar-refractivity contribution in [2.45, 2.75) is 50.7 Å². The van der Waals surface area contributed by atoms with Gasteiger partial charge in [-0.3, -0.25) is 4.99 Å². The predicted molar refractivity (Wildman–Crippen MR) is 103 cm³/mol. The molecular weight excluding hydrogens is 330 g/mol. The first-order valence-corrected chi connectivity index (χ1v) is 9.80. The molecule has 1 heterocycles. The minimum atomic E-state index is -0.0296. The number of ether oxygens (including phenoxy) is 3. The molecule has 6 heteroatoms. The van der Waals surface area contributed by atoms with E-state index in [4.69, 9.17) is 14.2 Å². The molecule has 1 unspecified atom stereocenters. The van der Waals surface area contributed by atoms with Gasteiger partial charge in [-0.25, -0.2) is 0 Å². The van der Waals surface area contributed by atoms with Crippen LogP contribution < -0.4 is 20.1 Å². The van der Waals surface area contributed by atoms with Gasteiger partial charge in [-0.2, -0.15) is 0 Å². The Morgan fingerprint density at radius 1 is 1.15 bits per heavy atom. The van der Waals surface area contributed by atoms with Crippen molar-refractivity contribution in [3.05, 3.63) is 24.3 Å². The molecule has 0 spiro atoms. The quantitative estimate of drug-likeness (QED) is 0.444. The molecule has 0 radical (unpaired) electrons. The maximum Gasteiger partial charge on any atom is 0.191 e. The highest BCUT2D eigenvalue weighted by Gasteiger charge is 2.20. The number of nitrogens with zero attached hydrogens (tertiary/aromatic N) is 1. The molecule has 1 aromatic rings. The van der Waals surface area contributed by atoms with E-state index < -0.39 is 0 Å². The average Bonchev–Trinajstić information content (AvgIpc) is 2.70. The first-order valence-electron chi connectivity index (χ1n) is 9.80. The summed E-state index contributed by atoms with van der Waals surface area (Å²) < 4.78 is 17.6. The summed E-state index contributed by atoms with van der Waals surface area (Å²) in [7, 11) is 1.78. The first-order chi connectivity index (χ1) is 12.8. The van der Waals surface area contributed by atoms with Crippen LogP contribution >= 0.6 is 0 Å². The van der Waals surface area contributed by atoms with Crippen LogP contribution in [-0.4, -0.2) is 51.5 Å². The molecular formula is C20H31N3O3. The summed E-state index contributed by atoms with van der Waals surface area (Å²) in [5.41, 5.74) is 0. The van der Waals surface area contributed by atoms with E-state index in [1.54, 1.807) is 7.05 Å². The number of aliphatic imine (C=N–C) groups is 1. The number of fused-ring (bicyclic) bond motifs is 1. The minimum absolute atomic E-state index is 0.0296. The second-order valence-corrected chi connectivity index (χ2v) is 6.86. The lowest BCUT2D eigenvalue weighted by atomic mass is 9.98. The Morgan fingerprint density at radius 3 is 2.77 bits per heavy atom. The highest BCUT2D eigenvalue weighted by Crippen LogP contribution is 2.30. The van der Waals surface area contributed by atoms with Crippen molar-refractivity contribution in [3.63, 3.8) is 0 Å². The van der Waals surface area contributed by atoms with Crippen LogP contribution in [0.5, 0.6) is 11.5 Å². The van der Waals surface area contributed by atoms with Crippen LogP contribution in [0.3, 0.4) is 0 Å². The van der Waals surface area contributed by atoms with Crippen molar-refractivity contribution in [2.24, 2.45) is 4.99 Å². The van der Waals surface area contributed by atoms with E-state index in [1.807, 2.05) is 24.3 Å². The number of guanidine groups is 1. The summed E-state index contributed by atoms with van der Waals surface area (Å²) in [6.07, 6.45) is 7.88. The molecule has 3 rings (SSSR count). The van der Waals surface area contributed by atoms with Gasteiger partial charge >= 0.3 is 0 Å². The molecule has 0 amide bonds. The van der Waals surface area contributed by atoms with Crippen molar-refractivity contribution < 1.29 is 14.2 Å². The predicted octanol–water partition coefficient (Wildman–Crippen LogP) is 2.73. The number of para-hydroxylation sites is 2. The van der Waals surface area contributed by atoms with Crippen molar-refractivity contribution in [1.82, 2.24) is 10.6 Å². The molecule has 0 bridgehead atoms. The Balaban J connectivity index is 1.29. The second-order valence-electron chi connectivity index (χ2n) is 6.86. The van der Waals surface area contributed by atoms with Crippen LogP contribution in [0.1, 0.15) is 38.5 Å². The van der Waals surface area contributed by atoms with E-state index in [0.717, 1.165) is 37.0 Å². The van der Waals surface area contributed by atoms with Gasteiger partial charge in [0.05, 0.1) is 12.6 Å². The Hall–Kier alpha value is -1.95. The lowest BCUT2D eigenvalue weighted by Gasteiger charge is -2.27. The minimum Gasteiger partial charge on any atom is -0.486 e. The number of hydrogen-bond acceptors (Lipinski definition) is 4. The number of benzene rings is 1. The maximum absolute atomic E-state index is 5.95. The SMILES string of the molecule is CN=C(NCCCOC1CCCCC1)NCC1COc2ccccc2O1. The van der Waals surface area contributed by atoms with Gasteiger partial charge in [0.25, 0.3) is 0 Å². The van der Waals surface area contributed by atoms with Gasteiger partial charge < -0.3 is 24.8 Å². The summed E-state index contributed by atoms with van der Waals surface area (Å²) in [5.74, 6) is 2.39. The Labute approximate surface area is 156 Å². The van der Waals surface area contributed by atoms with Crippen LogP contribution in [0.2, 0.25) is 0 Å². The molecule has 6 nitrogen and oxygen atoms in total. The van der Waals surface area contributed by atoms with Crippen molar-refractivity contribution in [2.75, 3.05) is 33.4 Å². The van der Waals surface area contributed by atoms with E-state index >= 15 is 0 Å². The molecule has 0 aromatic heterocycles. The Kier molecular flexibility index (Phi) is 7.43. The van der Waals surface area contributed by atoms with E-state index in [9.17, 15) is 0 Å². The molecule has 0 saturated heterocycles. The fraction of sp³-hybridized carbons (Fsp3) is 0.650. The average molecular weight is 361 g/mol. The van der Waals surface area contributed by atoms with E-state index in [0.29, 0.717) is 19.3 Å². The van der Waals surface area contributed by atoms with Crippen LogP contribution in [0.4, 0.5) is 0 Å². The summed E-state index contributed by atoms with van der Waals surface area (Å²) in [6, 6.07) is 7.76. The van der Waals surface area contributed by atoms with Gasteiger partial charge in [-0.1, -0.05) is 31.4 Å². The van der Waals surface area contributed by atoms with Crippen LogP contribution in [-0.2, 0) is 4.74 Å². The van der Waals surface area contributed by atoms with Crippen molar-refractivity contribution in [1.29, 1.82) is 0 Å². The number of rotatable bonds is 7. The van der Waals surface area contributed by atoms with E-state index in [-0.39, 0.29) is 6.10 Å². The highest BCUT2D eigenvalue weighted by atomic mass is 16.6. The zero-order valence-electron chi connectivity index (χ0n) is 15.7. The third-order valence-corrected chi connectivity index (χ3v) is 4.81. The van der Waals surface area contributed by atoms with Crippen LogP contribution in [0, 0.1) is 0 Å². The molecule has 1 atom stereocenters. The fourth-order valence-corrected chi connectivity index (χ4v) is 3.36. The maximum atomic E-state index is 5.95. The summed E-state index contributed by atoms with van der Waals surface area (Å²) >= 11 is 0. The van der Waals surface area contributed by atoms with Gasteiger partial charge in [0.15, 0.2) is 17.5 Å². The third-order valence-electron chi connectivity index (χ3n) is 4.81. The number of hydrogen-bond donors (Lipinski definition) is 2. The second kappa shape index (κ2) is 10.3. The molecule has 1 aliphatic heterocycles.